The van der Waals surface area contributed by atoms with Crippen LogP contribution in [0.5, 0.6) is 11.5 Å². The molecule has 2 heterocycles. The van der Waals surface area contributed by atoms with E-state index in [4.69, 9.17) is 9.47 Å². The predicted octanol–water partition coefficient (Wildman–Crippen LogP) is 2.91. The molecule has 1 aromatic carbocycles. The molecule has 3 rings (SSSR count). The number of nitrogens with zero attached hydrogens (tertiary/aromatic N) is 2. The number of imidazole rings is 1. The van der Waals surface area contributed by atoms with Gasteiger partial charge in [-0.05, 0) is 31.2 Å². The van der Waals surface area contributed by atoms with Crippen LogP contribution in [0.4, 0.5) is 5.69 Å². The van der Waals surface area contributed by atoms with Gasteiger partial charge in [0.25, 0.3) is 5.91 Å². The van der Waals surface area contributed by atoms with E-state index in [0.29, 0.717) is 22.7 Å². The van der Waals surface area contributed by atoms with Crippen LogP contribution in [-0.4, -0.2) is 29.5 Å². The molecule has 0 atom stereocenters. The number of ether oxygens (including phenoxy) is 2. The van der Waals surface area contributed by atoms with E-state index >= 15 is 0 Å². The van der Waals surface area contributed by atoms with Gasteiger partial charge in [0.2, 0.25) is 0 Å². The summed E-state index contributed by atoms with van der Waals surface area (Å²) in [7, 11) is 3.04. The third kappa shape index (κ3) is 2.83. The summed E-state index contributed by atoms with van der Waals surface area (Å²) in [6.07, 6.45) is 3.71. The summed E-state index contributed by atoms with van der Waals surface area (Å²) in [5.74, 6) is 0.623. The predicted molar refractivity (Wildman–Crippen MR) is 87.4 cm³/mol. The van der Waals surface area contributed by atoms with Crippen molar-refractivity contribution in [3.8, 4) is 11.5 Å². The number of fused-ring (bicyclic) bond motifs is 1. The van der Waals surface area contributed by atoms with Gasteiger partial charge in [-0.15, -0.1) is 0 Å². The summed E-state index contributed by atoms with van der Waals surface area (Å²) in [4.78, 5) is 17.0. The van der Waals surface area contributed by atoms with E-state index in [0.717, 1.165) is 11.3 Å². The van der Waals surface area contributed by atoms with Gasteiger partial charge in [0, 0.05) is 12.4 Å². The molecule has 1 N–H and O–H groups in total. The number of aromatic nitrogens is 2. The summed E-state index contributed by atoms with van der Waals surface area (Å²) < 4.78 is 12.4. The number of hydrogen-bond acceptors (Lipinski definition) is 4. The summed E-state index contributed by atoms with van der Waals surface area (Å²) in [6.45, 7) is 1.92. The van der Waals surface area contributed by atoms with E-state index < -0.39 is 0 Å². The highest BCUT2D eigenvalue weighted by Gasteiger charge is 2.18. The molecule has 0 spiro atoms. The van der Waals surface area contributed by atoms with Crippen LogP contribution in [0.15, 0.2) is 42.7 Å². The highest BCUT2D eigenvalue weighted by Crippen LogP contribution is 2.29. The van der Waals surface area contributed by atoms with Crippen molar-refractivity contribution in [1.29, 1.82) is 0 Å². The Morgan fingerprint density at radius 1 is 1.09 bits per heavy atom. The molecule has 0 saturated heterocycles. The van der Waals surface area contributed by atoms with E-state index in [-0.39, 0.29) is 5.91 Å². The zero-order chi connectivity index (χ0) is 16.4. The number of aryl methyl sites for hydroxylation is 1. The second-order valence-corrected chi connectivity index (χ2v) is 5.06. The van der Waals surface area contributed by atoms with Gasteiger partial charge in [-0.25, -0.2) is 4.98 Å². The van der Waals surface area contributed by atoms with Crippen LogP contribution in [0, 0.1) is 6.92 Å². The minimum absolute atomic E-state index is 0.296. The lowest BCUT2D eigenvalue weighted by atomic mass is 10.1. The molecule has 23 heavy (non-hydrogen) atoms. The first kappa shape index (κ1) is 14.9. The molecular weight excluding hydrogens is 294 g/mol. The molecule has 118 valence electrons. The fourth-order valence-corrected chi connectivity index (χ4v) is 2.46. The molecule has 0 aliphatic heterocycles. The minimum atomic E-state index is -0.296. The van der Waals surface area contributed by atoms with Crippen LogP contribution < -0.4 is 14.8 Å². The van der Waals surface area contributed by atoms with Gasteiger partial charge >= 0.3 is 0 Å². The van der Waals surface area contributed by atoms with Crippen molar-refractivity contribution in [2.24, 2.45) is 0 Å². The Balaban J connectivity index is 1.94. The van der Waals surface area contributed by atoms with Crippen molar-refractivity contribution in [2.45, 2.75) is 6.92 Å². The van der Waals surface area contributed by atoms with Gasteiger partial charge in [-0.1, -0.05) is 6.07 Å². The normalized spacial score (nSPS) is 10.6. The van der Waals surface area contributed by atoms with E-state index in [2.05, 4.69) is 10.3 Å². The summed E-state index contributed by atoms with van der Waals surface area (Å²) in [5, 5.41) is 2.86. The fourth-order valence-electron chi connectivity index (χ4n) is 2.46. The third-order valence-corrected chi connectivity index (χ3v) is 3.48. The number of carbonyl (C=O) groups is 1. The number of anilines is 1. The highest BCUT2D eigenvalue weighted by atomic mass is 16.5. The van der Waals surface area contributed by atoms with Crippen molar-refractivity contribution < 1.29 is 14.3 Å². The lowest BCUT2D eigenvalue weighted by Gasteiger charge is -2.13. The maximum absolute atomic E-state index is 12.6. The number of hydrogen-bond donors (Lipinski definition) is 1. The number of methoxy groups -OCH3 is 2. The number of nitrogens with one attached hydrogen (secondary N) is 1. The smallest absolute Gasteiger partial charge is 0.263 e. The van der Waals surface area contributed by atoms with Crippen LogP contribution >= 0.6 is 0 Å². The third-order valence-electron chi connectivity index (χ3n) is 3.48. The van der Waals surface area contributed by atoms with Gasteiger partial charge in [0.05, 0.1) is 25.6 Å². The van der Waals surface area contributed by atoms with Crippen molar-refractivity contribution in [3.63, 3.8) is 0 Å². The van der Waals surface area contributed by atoms with E-state index in [1.807, 2.05) is 35.9 Å². The van der Waals surface area contributed by atoms with Gasteiger partial charge in [-0.3, -0.25) is 4.79 Å². The number of pyridine rings is 1. The lowest BCUT2D eigenvalue weighted by Crippen LogP contribution is -2.14. The van der Waals surface area contributed by atoms with Crippen molar-refractivity contribution in [3.05, 3.63) is 54.0 Å². The first-order chi connectivity index (χ1) is 11.1. The van der Waals surface area contributed by atoms with Gasteiger partial charge in [0.1, 0.15) is 22.7 Å². The fraction of sp³-hybridized carbons (Fsp3) is 0.176. The van der Waals surface area contributed by atoms with Crippen LogP contribution in [0.2, 0.25) is 0 Å². The Kier molecular flexibility index (Phi) is 3.89. The Hall–Kier alpha value is -3.02. The maximum Gasteiger partial charge on any atom is 0.263 e. The minimum Gasteiger partial charge on any atom is -0.496 e. The van der Waals surface area contributed by atoms with Crippen LogP contribution in [0.1, 0.15) is 16.1 Å². The van der Waals surface area contributed by atoms with Crippen LogP contribution in [0.3, 0.4) is 0 Å². The summed E-state index contributed by atoms with van der Waals surface area (Å²) >= 11 is 0. The quantitative estimate of drug-likeness (QED) is 0.804. The molecule has 3 aromatic rings. The van der Waals surface area contributed by atoms with Crippen molar-refractivity contribution in [1.82, 2.24) is 9.38 Å². The Labute approximate surface area is 133 Å². The molecule has 0 bridgehead atoms. The molecule has 2 aromatic heterocycles. The molecule has 1 amide bonds. The van der Waals surface area contributed by atoms with Crippen molar-refractivity contribution in [2.75, 3.05) is 19.5 Å². The molecule has 0 unspecified atom stereocenters. The second kappa shape index (κ2) is 6.00. The molecule has 0 fully saturated rings. The largest absolute Gasteiger partial charge is 0.496 e. The first-order valence-electron chi connectivity index (χ1n) is 7.10. The van der Waals surface area contributed by atoms with Crippen molar-refractivity contribution >= 4 is 17.2 Å². The van der Waals surface area contributed by atoms with E-state index in [1.165, 1.54) is 14.2 Å². The van der Waals surface area contributed by atoms with Gasteiger partial charge in [-0.2, -0.15) is 0 Å². The molecule has 0 aliphatic carbocycles. The highest BCUT2D eigenvalue weighted by molar-refractivity contribution is 6.08. The average Bonchev–Trinajstić information content (AvgIpc) is 2.93. The lowest BCUT2D eigenvalue weighted by molar-refractivity contribution is 0.102. The second-order valence-electron chi connectivity index (χ2n) is 5.06. The van der Waals surface area contributed by atoms with Crippen LogP contribution in [-0.2, 0) is 0 Å². The van der Waals surface area contributed by atoms with E-state index in [1.54, 1.807) is 18.2 Å². The van der Waals surface area contributed by atoms with Gasteiger partial charge in [0.15, 0.2) is 0 Å². The Morgan fingerprint density at radius 3 is 2.43 bits per heavy atom. The number of benzene rings is 1. The number of carbonyl (C=O) groups excluding carboxylic acids is 1. The number of rotatable bonds is 4. The molecule has 0 radical (unpaired) electrons. The van der Waals surface area contributed by atoms with Gasteiger partial charge < -0.3 is 19.2 Å². The zero-order valence-corrected chi connectivity index (χ0v) is 13.2. The molecule has 0 saturated carbocycles. The number of amides is 1. The first-order valence-corrected chi connectivity index (χ1v) is 7.10. The monoisotopic (exact) mass is 311 g/mol. The Bertz CT molecular complexity index is 848. The molecule has 6 heteroatoms. The molecule has 6 nitrogen and oxygen atoms in total. The van der Waals surface area contributed by atoms with E-state index in [9.17, 15) is 4.79 Å². The molecular formula is C17H17N3O3. The standard InChI is InChI=1S/C17H17N3O3/c1-11-9-20-10-12(7-8-15(20)18-11)19-17(21)16-13(22-2)5-4-6-14(16)23-3/h4-10H,1-3H3,(H,19,21). The Morgan fingerprint density at radius 2 is 1.78 bits per heavy atom. The summed E-state index contributed by atoms with van der Waals surface area (Å²) in [6, 6.07) is 8.87. The SMILES string of the molecule is COc1cccc(OC)c1C(=O)Nc1ccc2nc(C)cn2c1. The van der Waals surface area contributed by atoms with Crippen LogP contribution in [0.25, 0.3) is 5.65 Å². The average molecular weight is 311 g/mol. The topological polar surface area (TPSA) is 64.9 Å². The molecule has 0 aliphatic rings. The maximum atomic E-state index is 12.6. The zero-order valence-electron chi connectivity index (χ0n) is 13.2. The summed E-state index contributed by atoms with van der Waals surface area (Å²) in [5.41, 5.74) is 2.77.